The lowest BCUT2D eigenvalue weighted by molar-refractivity contribution is -0.148. The summed E-state index contributed by atoms with van der Waals surface area (Å²) in [5.74, 6) is -0.964. The van der Waals surface area contributed by atoms with Crippen LogP contribution in [0.4, 0.5) is 0 Å². The summed E-state index contributed by atoms with van der Waals surface area (Å²) in [6.07, 6.45) is 1.28. The summed E-state index contributed by atoms with van der Waals surface area (Å²) in [5, 5.41) is 10.5. The van der Waals surface area contributed by atoms with E-state index in [2.05, 4.69) is 0 Å². The second-order valence-electron chi connectivity index (χ2n) is 10.6. The van der Waals surface area contributed by atoms with Crippen molar-refractivity contribution in [1.29, 1.82) is 0 Å². The van der Waals surface area contributed by atoms with Crippen LogP contribution in [-0.4, -0.2) is 42.4 Å². The maximum atomic E-state index is 14.1. The second kappa shape index (κ2) is 17.7. The number of esters is 1. The predicted octanol–water partition coefficient (Wildman–Crippen LogP) is 7.92. The highest BCUT2D eigenvalue weighted by molar-refractivity contribution is 7.98. The van der Waals surface area contributed by atoms with Crippen LogP contribution in [0.1, 0.15) is 22.3 Å². The molecule has 252 valence electrons. The van der Waals surface area contributed by atoms with Crippen molar-refractivity contribution in [1.82, 2.24) is 0 Å². The molecule has 0 aliphatic carbocycles. The van der Waals surface area contributed by atoms with E-state index in [4.69, 9.17) is 27.8 Å². The minimum atomic E-state index is -4.37. The number of carbonyl (C=O) groups excluding carboxylic acids is 1. The molecule has 0 saturated carbocycles. The minimum Gasteiger partial charge on any atom is -0.485 e. The predicted molar refractivity (Wildman–Crippen MR) is 185 cm³/mol. The largest absolute Gasteiger partial charge is 0.485 e. The first-order chi connectivity index (χ1) is 23.4. The summed E-state index contributed by atoms with van der Waals surface area (Å²) < 4.78 is 49.4. The highest BCUT2D eigenvalue weighted by atomic mass is 32.2. The molecule has 12 heteroatoms. The summed E-state index contributed by atoms with van der Waals surface area (Å²) in [7, 11) is -4.37. The number of aliphatic hydroxyl groups is 1. The Bertz CT molecular complexity index is 1640. The second-order valence-corrected chi connectivity index (χ2v) is 14.0. The monoisotopic (exact) mass is 708 g/mol. The van der Waals surface area contributed by atoms with Gasteiger partial charge < -0.3 is 19.3 Å². The zero-order chi connectivity index (χ0) is 33.8. The standard InChI is InChI=1S/C36H37O9PS2/c1-47-30-17-13-28(14-18-30)22-40-34-33(44-36(38)35(34)41-23-29-15-19-31(48-2)20-16-29)32(21-37)45-46(39,42-24-26-9-5-3-6-10-26)43-25-27-11-7-4-8-12-27/h3-20,32-33,37H,21-25H2,1-2H3. The van der Waals surface area contributed by atoms with E-state index >= 15 is 0 Å². The van der Waals surface area contributed by atoms with E-state index in [9.17, 15) is 14.5 Å². The Morgan fingerprint density at radius 1 is 0.688 bits per heavy atom. The number of carbonyl (C=O) groups is 1. The molecule has 9 nitrogen and oxygen atoms in total. The molecule has 0 spiro atoms. The van der Waals surface area contributed by atoms with Crippen LogP contribution in [-0.2, 0) is 63.6 Å². The van der Waals surface area contributed by atoms with Gasteiger partial charge in [-0.3, -0.25) is 13.6 Å². The Morgan fingerprint density at radius 2 is 1.15 bits per heavy atom. The number of ether oxygens (including phenoxy) is 3. The molecule has 0 amide bonds. The molecular formula is C36H37O9PS2. The summed E-state index contributed by atoms with van der Waals surface area (Å²) in [5.41, 5.74) is 3.12. The summed E-state index contributed by atoms with van der Waals surface area (Å²) in [4.78, 5) is 15.4. The SMILES string of the molecule is CSc1ccc(COC2=C(OCc3ccc(SC)cc3)C(C(CO)OP(=O)(OCc3ccccc3)OCc3ccccc3)OC2=O)cc1. The van der Waals surface area contributed by atoms with Gasteiger partial charge in [-0.25, -0.2) is 9.36 Å². The lowest BCUT2D eigenvalue weighted by Gasteiger charge is -2.27. The normalized spacial score (nSPS) is 15.3. The van der Waals surface area contributed by atoms with Crippen LogP contribution in [0.5, 0.6) is 0 Å². The molecule has 0 radical (unpaired) electrons. The highest BCUT2D eigenvalue weighted by Crippen LogP contribution is 2.53. The van der Waals surface area contributed by atoms with Gasteiger partial charge in [-0.2, -0.15) is 0 Å². The molecule has 1 heterocycles. The molecule has 0 fully saturated rings. The van der Waals surface area contributed by atoms with Gasteiger partial charge in [0.15, 0.2) is 11.9 Å². The molecule has 1 N–H and O–H groups in total. The Morgan fingerprint density at radius 3 is 1.60 bits per heavy atom. The number of thioether (sulfide) groups is 2. The molecule has 48 heavy (non-hydrogen) atoms. The molecule has 0 saturated heterocycles. The van der Waals surface area contributed by atoms with Crippen LogP contribution < -0.4 is 0 Å². The van der Waals surface area contributed by atoms with Crippen LogP contribution >= 0.6 is 31.3 Å². The number of rotatable bonds is 18. The quantitative estimate of drug-likeness (QED) is 0.0619. The fraction of sp³-hybridized carbons (Fsp3) is 0.250. The number of benzene rings is 4. The molecule has 1 aliphatic rings. The Kier molecular flexibility index (Phi) is 13.2. The van der Waals surface area contributed by atoms with Gasteiger partial charge in [-0.15, -0.1) is 23.5 Å². The molecule has 5 rings (SSSR count). The van der Waals surface area contributed by atoms with Gasteiger partial charge in [0.2, 0.25) is 5.76 Å². The van der Waals surface area contributed by atoms with E-state index in [1.165, 1.54) is 0 Å². The fourth-order valence-corrected chi connectivity index (χ4v) is 6.77. The molecule has 2 atom stereocenters. The topological polar surface area (TPSA) is 110 Å². The van der Waals surface area contributed by atoms with E-state index < -0.39 is 32.6 Å². The summed E-state index contributed by atoms with van der Waals surface area (Å²) in [6, 6.07) is 33.7. The third-order valence-corrected chi connectivity index (χ3v) is 10.2. The Labute approximate surface area is 289 Å². The number of cyclic esters (lactones) is 1. The van der Waals surface area contributed by atoms with Crippen molar-refractivity contribution < 1.29 is 42.2 Å². The van der Waals surface area contributed by atoms with E-state index in [0.29, 0.717) is 0 Å². The number of phosphoric acid groups is 1. The smallest absolute Gasteiger partial charge is 0.475 e. The molecule has 4 aromatic carbocycles. The van der Waals surface area contributed by atoms with Crippen molar-refractivity contribution in [3.05, 3.63) is 143 Å². The van der Waals surface area contributed by atoms with Gasteiger partial charge >= 0.3 is 13.8 Å². The number of phosphoric ester groups is 1. The van der Waals surface area contributed by atoms with E-state index in [1.54, 1.807) is 23.5 Å². The third-order valence-electron chi connectivity index (χ3n) is 7.24. The lowest BCUT2D eigenvalue weighted by atomic mass is 10.1. The van der Waals surface area contributed by atoms with Crippen LogP contribution in [0.3, 0.4) is 0 Å². The van der Waals surface area contributed by atoms with Gasteiger partial charge in [0.1, 0.15) is 19.3 Å². The van der Waals surface area contributed by atoms with Gasteiger partial charge in [0.05, 0.1) is 19.8 Å². The highest BCUT2D eigenvalue weighted by Gasteiger charge is 2.46. The summed E-state index contributed by atoms with van der Waals surface area (Å²) in [6.45, 7) is -0.763. The summed E-state index contributed by atoms with van der Waals surface area (Å²) >= 11 is 3.23. The van der Waals surface area contributed by atoms with Gasteiger partial charge in [0, 0.05) is 9.79 Å². The zero-order valence-corrected chi connectivity index (χ0v) is 29.1. The van der Waals surface area contributed by atoms with Crippen LogP contribution in [0.25, 0.3) is 0 Å². The maximum absolute atomic E-state index is 14.1. The molecule has 0 aromatic heterocycles. The first-order valence-electron chi connectivity index (χ1n) is 15.1. The molecule has 0 bridgehead atoms. The van der Waals surface area contributed by atoms with E-state index in [1.807, 2.05) is 122 Å². The van der Waals surface area contributed by atoms with Crippen molar-refractivity contribution in [3.8, 4) is 0 Å². The first kappa shape index (κ1) is 35.8. The van der Waals surface area contributed by atoms with Crippen LogP contribution in [0.2, 0.25) is 0 Å². The van der Waals surface area contributed by atoms with E-state index in [0.717, 1.165) is 32.0 Å². The average Bonchev–Trinajstić information content (AvgIpc) is 3.45. The number of hydrogen-bond donors (Lipinski definition) is 1. The van der Waals surface area contributed by atoms with Crippen molar-refractivity contribution in [2.24, 2.45) is 0 Å². The lowest BCUT2D eigenvalue weighted by Crippen LogP contribution is -2.35. The molecule has 1 aliphatic heterocycles. The number of hydrogen-bond acceptors (Lipinski definition) is 11. The van der Waals surface area contributed by atoms with Gasteiger partial charge in [0.25, 0.3) is 0 Å². The average molecular weight is 709 g/mol. The van der Waals surface area contributed by atoms with Gasteiger partial charge in [-0.05, 0) is 59.0 Å². The zero-order valence-electron chi connectivity index (χ0n) is 26.6. The van der Waals surface area contributed by atoms with E-state index in [-0.39, 0.29) is 37.9 Å². The van der Waals surface area contributed by atoms with Gasteiger partial charge in [-0.1, -0.05) is 84.9 Å². The van der Waals surface area contributed by atoms with Crippen molar-refractivity contribution in [2.45, 2.75) is 48.4 Å². The minimum absolute atomic E-state index is 0.00592. The maximum Gasteiger partial charge on any atom is 0.475 e. The van der Waals surface area contributed by atoms with Crippen molar-refractivity contribution in [2.75, 3.05) is 19.1 Å². The van der Waals surface area contributed by atoms with Crippen LogP contribution in [0, 0.1) is 0 Å². The Balaban J connectivity index is 1.40. The van der Waals surface area contributed by atoms with Crippen LogP contribution in [0.15, 0.2) is 131 Å². The fourth-order valence-electron chi connectivity index (χ4n) is 4.64. The Hall–Kier alpha value is -3.54. The molecule has 2 unspecified atom stereocenters. The van der Waals surface area contributed by atoms with Crippen molar-refractivity contribution in [3.63, 3.8) is 0 Å². The first-order valence-corrected chi connectivity index (χ1v) is 19.0. The third kappa shape index (κ3) is 9.99. The van der Waals surface area contributed by atoms with Crippen molar-refractivity contribution >= 4 is 37.3 Å². The molecular weight excluding hydrogens is 671 g/mol. The number of aliphatic hydroxyl groups excluding tert-OH is 1. The molecule has 4 aromatic rings.